The molecule has 0 saturated carbocycles. The summed E-state index contributed by atoms with van der Waals surface area (Å²) in [4.78, 5) is 4.26. The number of ether oxygens (including phenoxy) is 2. The topological polar surface area (TPSA) is 85.1 Å². The first-order valence-corrected chi connectivity index (χ1v) is 8.69. The Bertz CT molecular complexity index is 921. The summed E-state index contributed by atoms with van der Waals surface area (Å²) in [6.07, 6.45) is 2.70. The van der Waals surface area contributed by atoms with Crippen molar-refractivity contribution < 1.29 is 9.47 Å². The van der Waals surface area contributed by atoms with Crippen LogP contribution in [0.15, 0.2) is 47.6 Å². The quantitative estimate of drug-likeness (QED) is 0.487. The van der Waals surface area contributed by atoms with Gasteiger partial charge in [0.2, 0.25) is 0 Å². The van der Waals surface area contributed by atoms with Crippen molar-refractivity contribution in [3.63, 3.8) is 0 Å². The Morgan fingerprint density at radius 3 is 2.78 bits per heavy atom. The summed E-state index contributed by atoms with van der Waals surface area (Å²) in [7, 11) is 5.03. The minimum Gasteiger partial charge on any atom is -0.497 e. The number of aliphatic imine (C=N–C) groups is 1. The number of rotatable bonds is 7. The second kappa shape index (κ2) is 8.88. The summed E-state index contributed by atoms with van der Waals surface area (Å²) < 4.78 is 12.6. The minimum absolute atomic E-state index is 0.584. The number of methoxy groups -OCH3 is 2. The largest absolute Gasteiger partial charge is 0.497 e. The maximum absolute atomic E-state index is 5.43. The molecule has 0 spiro atoms. The monoisotopic (exact) mass is 368 g/mol. The van der Waals surface area contributed by atoms with E-state index in [1.165, 1.54) is 0 Å². The Hall–Kier alpha value is -3.29. The summed E-state index contributed by atoms with van der Waals surface area (Å²) in [6, 6.07) is 11.6. The Kier molecular flexibility index (Phi) is 6.09. The van der Waals surface area contributed by atoms with Crippen LogP contribution in [0.5, 0.6) is 11.5 Å². The lowest BCUT2D eigenvalue weighted by Gasteiger charge is -2.14. The molecule has 2 N–H and O–H groups in total. The summed E-state index contributed by atoms with van der Waals surface area (Å²) in [5, 5.41) is 15.0. The number of hydrogen-bond acceptors (Lipinski definition) is 5. The van der Waals surface area contributed by atoms with E-state index < -0.39 is 0 Å². The molecule has 2 aromatic heterocycles. The highest BCUT2D eigenvalue weighted by molar-refractivity contribution is 5.79. The van der Waals surface area contributed by atoms with Crippen molar-refractivity contribution in [1.29, 1.82) is 0 Å². The van der Waals surface area contributed by atoms with Crippen LogP contribution in [-0.4, -0.2) is 48.4 Å². The molecular formula is C19H24N6O2. The van der Waals surface area contributed by atoms with E-state index in [9.17, 15) is 0 Å². The molecule has 1 aromatic carbocycles. The smallest absolute Gasteiger partial charge is 0.191 e. The first-order chi connectivity index (χ1) is 13.2. The van der Waals surface area contributed by atoms with E-state index in [0.717, 1.165) is 35.0 Å². The highest BCUT2D eigenvalue weighted by Gasteiger charge is 2.07. The van der Waals surface area contributed by atoms with Crippen molar-refractivity contribution >= 4 is 11.6 Å². The van der Waals surface area contributed by atoms with E-state index >= 15 is 0 Å². The van der Waals surface area contributed by atoms with Crippen LogP contribution in [0.25, 0.3) is 5.65 Å². The van der Waals surface area contributed by atoms with Gasteiger partial charge in [-0.1, -0.05) is 6.07 Å². The molecule has 0 radical (unpaired) electrons. The lowest BCUT2D eigenvalue weighted by Crippen LogP contribution is -2.38. The van der Waals surface area contributed by atoms with Crippen LogP contribution in [0, 0.1) is 0 Å². The zero-order valence-corrected chi connectivity index (χ0v) is 15.8. The van der Waals surface area contributed by atoms with Crippen LogP contribution in [0.4, 0.5) is 0 Å². The molecule has 0 fully saturated rings. The van der Waals surface area contributed by atoms with Gasteiger partial charge in [0.15, 0.2) is 11.6 Å². The molecule has 8 heteroatoms. The van der Waals surface area contributed by atoms with E-state index in [0.29, 0.717) is 19.0 Å². The Morgan fingerprint density at radius 1 is 1.11 bits per heavy atom. The van der Waals surface area contributed by atoms with Crippen molar-refractivity contribution in [3.8, 4) is 11.5 Å². The van der Waals surface area contributed by atoms with Crippen molar-refractivity contribution in [2.45, 2.75) is 13.0 Å². The summed E-state index contributed by atoms with van der Waals surface area (Å²) in [5.41, 5.74) is 1.87. The molecule has 27 heavy (non-hydrogen) atoms. The number of fused-ring (bicyclic) bond motifs is 1. The van der Waals surface area contributed by atoms with Gasteiger partial charge in [0.25, 0.3) is 0 Å². The van der Waals surface area contributed by atoms with Gasteiger partial charge >= 0.3 is 0 Å². The van der Waals surface area contributed by atoms with E-state index in [4.69, 9.17) is 9.47 Å². The standard InChI is InChI=1S/C19H24N6O2/c1-20-19(22-13-14-7-8-15(26-2)12-16(14)27-3)21-10-9-18-24-23-17-6-4-5-11-25(17)18/h4-8,11-12H,9-10,13H2,1-3H3,(H2,20,21,22). The third-order valence-corrected chi connectivity index (χ3v) is 4.19. The Balaban J connectivity index is 1.54. The van der Waals surface area contributed by atoms with Crippen LogP contribution in [0.3, 0.4) is 0 Å². The molecule has 3 aromatic rings. The molecule has 8 nitrogen and oxygen atoms in total. The van der Waals surface area contributed by atoms with Gasteiger partial charge in [-0.3, -0.25) is 9.39 Å². The molecule has 0 aliphatic heterocycles. The first kappa shape index (κ1) is 18.5. The molecular weight excluding hydrogens is 344 g/mol. The van der Waals surface area contributed by atoms with Gasteiger partial charge in [-0.2, -0.15) is 0 Å². The van der Waals surface area contributed by atoms with Gasteiger partial charge in [0.05, 0.1) is 14.2 Å². The molecule has 0 amide bonds. The third-order valence-electron chi connectivity index (χ3n) is 4.19. The van der Waals surface area contributed by atoms with E-state index in [-0.39, 0.29) is 0 Å². The molecule has 0 bridgehead atoms. The SMILES string of the molecule is CN=C(NCCc1nnc2ccccn12)NCc1ccc(OC)cc1OC. The van der Waals surface area contributed by atoms with Crippen LogP contribution in [0.1, 0.15) is 11.4 Å². The Labute approximate surface area is 158 Å². The fourth-order valence-electron chi connectivity index (χ4n) is 2.75. The van der Waals surface area contributed by atoms with Gasteiger partial charge in [0, 0.05) is 44.4 Å². The van der Waals surface area contributed by atoms with Crippen molar-refractivity contribution in [3.05, 3.63) is 54.0 Å². The van der Waals surface area contributed by atoms with E-state index in [2.05, 4.69) is 25.8 Å². The number of nitrogens with zero attached hydrogens (tertiary/aromatic N) is 4. The lowest BCUT2D eigenvalue weighted by atomic mass is 10.2. The van der Waals surface area contributed by atoms with E-state index in [1.807, 2.05) is 47.0 Å². The average Bonchev–Trinajstić information content (AvgIpc) is 3.13. The predicted molar refractivity (Wildman–Crippen MR) is 104 cm³/mol. The average molecular weight is 368 g/mol. The molecule has 142 valence electrons. The number of hydrogen-bond donors (Lipinski definition) is 2. The van der Waals surface area contributed by atoms with Gasteiger partial charge in [-0.25, -0.2) is 0 Å². The van der Waals surface area contributed by atoms with Gasteiger partial charge in [-0.15, -0.1) is 10.2 Å². The maximum Gasteiger partial charge on any atom is 0.191 e. The van der Waals surface area contributed by atoms with Crippen molar-refractivity contribution in [2.75, 3.05) is 27.8 Å². The van der Waals surface area contributed by atoms with Gasteiger partial charge in [0.1, 0.15) is 17.3 Å². The highest BCUT2D eigenvalue weighted by Crippen LogP contribution is 2.24. The molecule has 0 aliphatic carbocycles. The fraction of sp³-hybridized carbons (Fsp3) is 0.316. The number of benzene rings is 1. The predicted octanol–water partition coefficient (Wildman–Crippen LogP) is 1.65. The third kappa shape index (κ3) is 4.46. The Morgan fingerprint density at radius 2 is 2.00 bits per heavy atom. The van der Waals surface area contributed by atoms with Crippen LogP contribution in [0.2, 0.25) is 0 Å². The van der Waals surface area contributed by atoms with Crippen LogP contribution >= 0.6 is 0 Å². The van der Waals surface area contributed by atoms with Crippen molar-refractivity contribution in [1.82, 2.24) is 25.2 Å². The normalized spacial score (nSPS) is 11.4. The van der Waals surface area contributed by atoms with Gasteiger partial charge < -0.3 is 20.1 Å². The maximum atomic E-state index is 5.43. The van der Waals surface area contributed by atoms with Crippen molar-refractivity contribution in [2.24, 2.45) is 4.99 Å². The molecule has 0 unspecified atom stereocenters. The molecule has 0 aliphatic rings. The summed E-state index contributed by atoms with van der Waals surface area (Å²) in [5.74, 6) is 3.15. The number of pyridine rings is 1. The fourth-order valence-corrected chi connectivity index (χ4v) is 2.75. The van der Waals surface area contributed by atoms with E-state index in [1.54, 1.807) is 21.3 Å². The molecule has 3 rings (SSSR count). The highest BCUT2D eigenvalue weighted by atomic mass is 16.5. The number of aromatic nitrogens is 3. The van der Waals surface area contributed by atoms with Crippen LogP contribution in [-0.2, 0) is 13.0 Å². The number of nitrogens with one attached hydrogen (secondary N) is 2. The minimum atomic E-state index is 0.584. The zero-order valence-electron chi connectivity index (χ0n) is 15.8. The lowest BCUT2D eigenvalue weighted by molar-refractivity contribution is 0.390. The van der Waals surface area contributed by atoms with Gasteiger partial charge in [-0.05, 0) is 24.3 Å². The molecule has 0 atom stereocenters. The second-order valence-electron chi connectivity index (χ2n) is 5.83. The summed E-state index contributed by atoms with van der Waals surface area (Å²) >= 11 is 0. The van der Waals surface area contributed by atoms with Crippen LogP contribution < -0.4 is 20.1 Å². The second-order valence-corrected chi connectivity index (χ2v) is 5.83. The molecule has 0 saturated heterocycles. The first-order valence-electron chi connectivity index (χ1n) is 8.69. The number of guanidine groups is 1. The molecule has 2 heterocycles. The zero-order chi connectivity index (χ0) is 19.1. The summed E-state index contributed by atoms with van der Waals surface area (Å²) in [6.45, 7) is 1.27.